The fraction of sp³-hybridized carbons (Fsp3) is 0.647. The summed E-state index contributed by atoms with van der Waals surface area (Å²) in [6.45, 7) is 6.29. The number of rotatable bonds is 2. The van der Waals surface area contributed by atoms with E-state index in [2.05, 4.69) is 30.9 Å². The lowest BCUT2D eigenvalue weighted by Gasteiger charge is -2.38. The molecule has 2 unspecified atom stereocenters. The van der Waals surface area contributed by atoms with Crippen LogP contribution in [0, 0.1) is 13.8 Å². The van der Waals surface area contributed by atoms with Crippen LogP contribution in [-0.4, -0.2) is 36.2 Å². The summed E-state index contributed by atoms with van der Waals surface area (Å²) in [5, 5.41) is 11.4. The van der Waals surface area contributed by atoms with Gasteiger partial charge in [-0.2, -0.15) is 0 Å². The van der Waals surface area contributed by atoms with E-state index in [-0.39, 0.29) is 6.04 Å². The molecule has 0 bridgehead atoms. The van der Waals surface area contributed by atoms with Crippen molar-refractivity contribution in [3.05, 3.63) is 28.8 Å². The molecule has 1 N–H and O–H groups in total. The van der Waals surface area contributed by atoms with Crippen molar-refractivity contribution in [3.63, 3.8) is 0 Å². The number of piperidine rings is 1. The third-order valence-corrected chi connectivity index (χ3v) is 5.29. The molecule has 20 heavy (non-hydrogen) atoms. The second-order valence-corrected chi connectivity index (χ2v) is 6.31. The van der Waals surface area contributed by atoms with E-state index in [0.29, 0.717) is 0 Å². The van der Waals surface area contributed by atoms with E-state index in [0.717, 1.165) is 42.8 Å². The van der Waals surface area contributed by atoms with E-state index in [1.807, 2.05) is 0 Å². The van der Waals surface area contributed by atoms with Crippen molar-refractivity contribution in [1.29, 1.82) is 0 Å². The summed E-state index contributed by atoms with van der Waals surface area (Å²) in [5.41, 5.74) is 2.60. The zero-order chi connectivity index (χ0) is 14.3. The highest BCUT2D eigenvalue weighted by Crippen LogP contribution is 2.46. The molecular weight excluding hydrogens is 250 g/mol. The number of nitrogens with zero attached hydrogens (tertiary/aromatic N) is 1. The lowest BCUT2D eigenvalue weighted by molar-refractivity contribution is -0.0155. The second-order valence-electron chi connectivity index (χ2n) is 6.31. The number of hydrogen-bond donors (Lipinski definition) is 1. The highest BCUT2D eigenvalue weighted by atomic mass is 16.5. The first-order chi connectivity index (χ1) is 9.58. The molecule has 0 amide bonds. The first-order valence-corrected chi connectivity index (χ1v) is 7.69. The maximum absolute atomic E-state index is 11.4. The number of ether oxygens (including phenoxy) is 1. The first-order valence-electron chi connectivity index (χ1n) is 7.69. The van der Waals surface area contributed by atoms with Crippen molar-refractivity contribution in [2.24, 2.45) is 0 Å². The molecule has 3 heteroatoms. The van der Waals surface area contributed by atoms with Crippen LogP contribution in [0.25, 0.3) is 0 Å². The molecule has 1 aromatic carbocycles. The molecule has 2 saturated heterocycles. The van der Waals surface area contributed by atoms with Gasteiger partial charge in [-0.1, -0.05) is 18.6 Å². The molecule has 3 rings (SSSR count). The van der Waals surface area contributed by atoms with Crippen LogP contribution >= 0.6 is 0 Å². The Hall–Kier alpha value is -1.06. The molecular formula is C17H25NO2. The van der Waals surface area contributed by atoms with Crippen molar-refractivity contribution in [1.82, 2.24) is 4.90 Å². The van der Waals surface area contributed by atoms with Crippen molar-refractivity contribution in [2.75, 3.05) is 20.2 Å². The Labute approximate surface area is 121 Å². The second kappa shape index (κ2) is 5.05. The summed E-state index contributed by atoms with van der Waals surface area (Å²) >= 11 is 0. The van der Waals surface area contributed by atoms with Gasteiger partial charge in [0.25, 0.3) is 0 Å². The van der Waals surface area contributed by atoms with Gasteiger partial charge in [-0.05, 0) is 50.8 Å². The van der Waals surface area contributed by atoms with Gasteiger partial charge in [0.2, 0.25) is 0 Å². The highest BCUT2D eigenvalue weighted by molar-refractivity contribution is 5.49. The third kappa shape index (κ3) is 1.95. The molecule has 0 saturated carbocycles. The summed E-state index contributed by atoms with van der Waals surface area (Å²) in [6.07, 6.45) is 4.39. The molecule has 1 aromatic rings. The number of hydrogen-bond acceptors (Lipinski definition) is 3. The largest absolute Gasteiger partial charge is 0.496 e. The average molecular weight is 275 g/mol. The van der Waals surface area contributed by atoms with Gasteiger partial charge in [0.15, 0.2) is 0 Å². The maximum atomic E-state index is 11.4. The maximum Gasteiger partial charge on any atom is 0.128 e. The van der Waals surface area contributed by atoms with Crippen LogP contribution in [0.2, 0.25) is 0 Å². The summed E-state index contributed by atoms with van der Waals surface area (Å²) in [7, 11) is 1.71. The molecule has 2 heterocycles. The van der Waals surface area contributed by atoms with E-state index in [1.165, 1.54) is 18.4 Å². The summed E-state index contributed by atoms with van der Waals surface area (Å²) in [6, 6.07) is 4.43. The minimum absolute atomic E-state index is 0.257. The lowest BCUT2D eigenvalue weighted by atomic mass is 9.81. The Kier molecular flexibility index (Phi) is 3.51. The van der Waals surface area contributed by atoms with E-state index in [4.69, 9.17) is 4.74 Å². The highest BCUT2D eigenvalue weighted by Gasteiger charge is 2.49. The van der Waals surface area contributed by atoms with E-state index < -0.39 is 5.60 Å². The zero-order valence-electron chi connectivity index (χ0n) is 12.8. The third-order valence-electron chi connectivity index (χ3n) is 5.29. The molecule has 0 radical (unpaired) electrons. The van der Waals surface area contributed by atoms with E-state index in [9.17, 15) is 5.11 Å². The van der Waals surface area contributed by atoms with Crippen LogP contribution in [-0.2, 0) is 5.60 Å². The average Bonchev–Trinajstić information content (AvgIpc) is 2.81. The fourth-order valence-electron chi connectivity index (χ4n) is 3.99. The van der Waals surface area contributed by atoms with Crippen molar-refractivity contribution in [2.45, 2.75) is 51.2 Å². The number of benzene rings is 1. The van der Waals surface area contributed by atoms with Gasteiger partial charge in [-0.15, -0.1) is 0 Å². The molecule has 2 aliphatic heterocycles. The molecule has 2 atom stereocenters. The number of aryl methyl sites for hydroxylation is 1. The Balaban J connectivity index is 2.06. The van der Waals surface area contributed by atoms with Crippen LogP contribution < -0.4 is 4.74 Å². The van der Waals surface area contributed by atoms with Crippen LogP contribution in [0.1, 0.15) is 42.4 Å². The van der Waals surface area contributed by atoms with Crippen molar-refractivity contribution < 1.29 is 9.84 Å². The van der Waals surface area contributed by atoms with Gasteiger partial charge in [-0.3, -0.25) is 4.90 Å². The first kappa shape index (κ1) is 13.9. The minimum Gasteiger partial charge on any atom is -0.496 e. The molecule has 110 valence electrons. The Morgan fingerprint density at radius 1 is 1.25 bits per heavy atom. The van der Waals surface area contributed by atoms with Crippen LogP contribution in [0.15, 0.2) is 12.1 Å². The fourth-order valence-corrected chi connectivity index (χ4v) is 3.99. The Morgan fingerprint density at radius 2 is 2.05 bits per heavy atom. The molecule has 0 aliphatic carbocycles. The summed E-state index contributed by atoms with van der Waals surface area (Å²) in [4.78, 5) is 2.46. The number of aliphatic hydroxyl groups is 1. The lowest BCUT2D eigenvalue weighted by Crippen LogP contribution is -2.45. The standard InChI is InChI=1S/C17H25NO2/c1-12-7-8-14(16(20-3)13(12)2)17(19)9-11-18-10-5-4-6-15(17)18/h7-8,15,19H,4-6,9-11H2,1-3H3. The Morgan fingerprint density at radius 3 is 2.80 bits per heavy atom. The SMILES string of the molecule is COc1c(C2(O)CCN3CCCCC32)ccc(C)c1C. The molecule has 3 nitrogen and oxygen atoms in total. The minimum atomic E-state index is -0.746. The normalized spacial score (nSPS) is 30.3. The number of methoxy groups -OCH3 is 1. The number of fused-ring (bicyclic) bond motifs is 1. The van der Waals surface area contributed by atoms with Crippen molar-refractivity contribution >= 4 is 0 Å². The van der Waals surface area contributed by atoms with Gasteiger partial charge in [0.1, 0.15) is 11.4 Å². The van der Waals surface area contributed by atoms with E-state index in [1.54, 1.807) is 7.11 Å². The van der Waals surface area contributed by atoms with Crippen molar-refractivity contribution in [3.8, 4) is 5.75 Å². The topological polar surface area (TPSA) is 32.7 Å². The molecule has 2 aliphatic rings. The molecule has 0 aromatic heterocycles. The molecule has 2 fully saturated rings. The molecule has 0 spiro atoms. The quantitative estimate of drug-likeness (QED) is 0.901. The van der Waals surface area contributed by atoms with Gasteiger partial charge < -0.3 is 9.84 Å². The zero-order valence-corrected chi connectivity index (χ0v) is 12.8. The monoisotopic (exact) mass is 275 g/mol. The van der Waals surface area contributed by atoms with Gasteiger partial charge >= 0.3 is 0 Å². The smallest absolute Gasteiger partial charge is 0.128 e. The summed E-state index contributed by atoms with van der Waals surface area (Å²) in [5.74, 6) is 0.875. The van der Waals surface area contributed by atoms with Crippen LogP contribution in [0.4, 0.5) is 0 Å². The van der Waals surface area contributed by atoms with Crippen LogP contribution in [0.3, 0.4) is 0 Å². The van der Waals surface area contributed by atoms with Gasteiger partial charge in [-0.25, -0.2) is 0 Å². The predicted molar refractivity (Wildman–Crippen MR) is 80.2 cm³/mol. The Bertz CT molecular complexity index is 514. The van der Waals surface area contributed by atoms with Crippen LogP contribution in [0.5, 0.6) is 5.75 Å². The van der Waals surface area contributed by atoms with E-state index >= 15 is 0 Å². The predicted octanol–water partition coefficient (Wildman–Crippen LogP) is 2.76. The van der Waals surface area contributed by atoms with Gasteiger partial charge in [0.05, 0.1) is 7.11 Å². The summed E-state index contributed by atoms with van der Waals surface area (Å²) < 4.78 is 5.64. The van der Waals surface area contributed by atoms with Gasteiger partial charge in [0, 0.05) is 18.2 Å².